The molecule has 0 fully saturated rings. The van der Waals surface area contributed by atoms with Crippen molar-refractivity contribution in [1.29, 1.82) is 0 Å². The molecule has 0 aliphatic heterocycles. The van der Waals surface area contributed by atoms with Gasteiger partial charge < -0.3 is 4.74 Å². The lowest BCUT2D eigenvalue weighted by Gasteiger charge is -2.08. The average molecular weight is 487 g/mol. The Morgan fingerprint density at radius 1 is 0.528 bits per heavy atom. The number of hydrogen-bond donors (Lipinski definition) is 0. The van der Waals surface area contributed by atoms with E-state index in [0.717, 1.165) is 17.8 Å². The first kappa shape index (κ1) is 27.9. The summed E-state index contributed by atoms with van der Waals surface area (Å²) >= 11 is 0. The van der Waals surface area contributed by atoms with Crippen molar-refractivity contribution < 1.29 is 4.74 Å². The van der Waals surface area contributed by atoms with Gasteiger partial charge in [-0.25, -0.2) is 9.97 Å². The van der Waals surface area contributed by atoms with Crippen LogP contribution >= 0.6 is 0 Å². The van der Waals surface area contributed by atoms with Crippen LogP contribution in [0.4, 0.5) is 0 Å². The highest BCUT2D eigenvalue weighted by Crippen LogP contribution is 2.19. The molecule has 0 bridgehead atoms. The highest BCUT2D eigenvalue weighted by atomic mass is 16.5. The Labute approximate surface area is 219 Å². The summed E-state index contributed by atoms with van der Waals surface area (Å²) in [4.78, 5) is 9.05. The van der Waals surface area contributed by atoms with Gasteiger partial charge in [0.2, 0.25) is 0 Å². The largest absolute Gasteiger partial charge is 0.486 e. The minimum absolute atomic E-state index is 0.535. The SMILES string of the molecule is CCCCCCCCCCc1ccc(COc2cnc(-c3ccc(CCCCCC)cc3)nc2)cc1. The molecule has 0 unspecified atom stereocenters. The summed E-state index contributed by atoms with van der Waals surface area (Å²) in [6.07, 6.45) is 22.0. The molecule has 0 spiro atoms. The molecule has 3 heteroatoms. The first-order valence-corrected chi connectivity index (χ1v) is 14.4. The van der Waals surface area contributed by atoms with Gasteiger partial charge in [-0.05, 0) is 42.4 Å². The van der Waals surface area contributed by atoms with Gasteiger partial charge in [-0.1, -0.05) is 127 Å². The highest BCUT2D eigenvalue weighted by Gasteiger charge is 2.04. The Bertz CT molecular complexity index is 948. The first-order valence-electron chi connectivity index (χ1n) is 14.4. The lowest BCUT2D eigenvalue weighted by atomic mass is 10.0. The van der Waals surface area contributed by atoms with E-state index in [0.29, 0.717) is 12.4 Å². The van der Waals surface area contributed by atoms with Gasteiger partial charge in [0.15, 0.2) is 11.6 Å². The first-order chi connectivity index (χ1) is 17.8. The minimum Gasteiger partial charge on any atom is -0.486 e. The number of unbranched alkanes of at least 4 members (excludes halogenated alkanes) is 10. The zero-order valence-electron chi connectivity index (χ0n) is 22.7. The fourth-order valence-electron chi connectivity index (χ4n) is 4.55. The van der Waals surface area contributed by atoms with E-state index in [1.54, 1.807) is 12.4 Å². The van der Waals surface area contributed by atoms with Crippen LogP contribution in [-0.2, 0) is 19.4 Å². The third kappa shape index (κ3) is 10.5. The predicted octanol–water partition coefficient (Wildman–Crippen LogP) is 9.53. The Morgan fingerprint density at radius 3 is 1.53 bits per heavy atom. The second kappa shape index (κ2) is 16.9. The number of aryl methyl sites for hydroxylation is 2. The molecular weight excluding hydrogens is 440 g/mol. The van der Waals surface area contributed by atoms with Crippen LogP contribution in [0.25, 0.3) is 11.4 Å². The maximum Gasteiger partial charge on any atom is 0.159 e. The van der Waals surface area contributed by atoms with E-state index in [1.165, 1.54) is 100 Å². The van der Waals surface area contributed by atoms with Crippen LogP contribution in [0.3, 0.4) is 0 Å². The van der Waals surface area contributed by atoms with Crippen LogP contribution in [-0.4, -0.2) is 9.97 Å². The number of hydrogen-bond acceptors (Lipinski definition) is 3. The molecule has 0 atom stereocenters. The van der Waals surface area contributed by atoms with Crippen molar-refractivity contribution in [2.75, 3.05) is 0 Å². The molecule has 36 heavy (non-hydrogen) atoms. The third-order valence-corrected chi connectivity index (χ3v) is 6.91. The fraction of sp³-hybridized carbons (Fsp3) is 0.515. The number of ether oxygens (including phenoxy) is 1. The van der Waals surface area contributed by atoms with Crippen LogP contribution in [0.5, 0.6) is 5.75 Å². The van der Waals surface area contributed by atoms with Gasteiger partial charge in [-0.15, -0.1) is 0 Å². The van der Waals surface area contributed by atoms with Gasteiger partial charge >= 0.3 is 0 Å². The van der Waals surface area contributed by atoms with Crippen molar-refractivity contribution in [3.05, 3.63) is 77.6 Å². The lowest BCUT2D eigenvalue weighted by molar-refractivity contribution is 0.303. The fourth-order valence-corrected chi connectivity index (χ4v) is 4.55. The Balaban J connectivity index is 1.36. The van der Waals surface area contributed by atoms with E-state index < -0.39 is 0 Å². The van der Waals surface area contributed by atoms with Crippen LogP contribution in [0.2, 0.25) is 0 Å². The van der Waals surface area contributed by atoms with Gasteiger partial charge in [-0.3, -0.25) is 0 Å². The van der Waals surface area contributed by atoms with Crippen molar-refractivity contribution in [3.8, 4) is 17.1 Å². The summed E-state index contributed by atoms with van der Waals surface area (Å²) in [5.41, 5.74) is 5.03. The topological polar surface area (TPSA) is 35.0 Å². The molecule has 1 aromatic heterocycles. The van der Waals surface area contributed by atoms with E-state index >= 15 is 0 Å². The summed E-state index contributed by atoms with van der Waals surface area (Å²) in [6, 6.07) is 17.5. The normalized spacial score (nSPS) is 11.1. The summed E-state index contributed by atoms with van der Waals surface area (Å²) in [5.74, 6) is 1.44. The standard InChI is InChI=1S/C33H46N2O/c1-3-5-7-9-10-11-12-14-16-28-17-19-30(20-18-28)27-36-32-25-34-33(35-26-32)31-23-21-29(22-24-31)15-13-8-6-4-2/h17-26H,3-16,27H2,1-2H3. The van der Waals surface area contributed by atoms with Gasteiger partial charge in [0.1, 0.15) is 6.61 Å². The average Bonchev–Trinajstić information content (AvgIpc) is 2.93. The number of aromatic nitrogens is 2. The summed E-state index contributed by atoms with van der Waals surface area (Å²) in [6.45, 7) is 5.06. The van der Waals surface area contributed by atoms with Crippen LogP contribution in [0.15, 0.2) is 60.9 Å². The molecule has 194 valence electrons. The Morgan fingerprint density at radius 2 is 0.972 bits per heavy atom. The number of rotatable bonds is 18. The van der Waals surface area contributed by atoms with Crippen molar-refractivity contribution >= 4 is 0 Å². The van der Waals surface area contributed by atoms with E-state index in [4.69, 9.17) is 4.74 Å². The molecule has 0 saturated carbocycles. The van der Waals surface area contributed by atoms with Crippen molar-refractivity contribution in [1.82, 2.24) is 9.97 Å². The second-order valence-electron chi connectivity index (χ2n) is 10.1. The molecule has 2 aromatic carbocycles. The van der Waals surface area contributed by atoms with Crippen LogP contribution in [0.1, 0.15) is 108 Å². The molecular formula is C33H46N2O. The van der Waals surface area contributed by atoms with Gasteiger partial charge in [-0.2, -0.15) is 0 Å². The zero-order valence-corrected chi connectivity index (χ0v) is 22.7. The van der Waals surface area contributed by atoms with E-state index in [1.807, 2.05) is 0 Å². The molecule has 0 aliphatic carbocycles. The molecule has 3 rings (SSSR count). The monoisotopic (exact) mass is 486 g/mol. The Hall–Kier alpha value is -2.68. The maximum absolute atomic E-state index is 5.93. The Kier molecular flexibility index (Phi) is 13.1. The van der Waals surface area contributed by atoms with E-state index in [-0.39, 0.29) is 0 Å². The number of benzene rings is 2. The molecule has 0 saturated heterocycles. The van der Waals surface area contributed by atoms with Gasteiger partial charge in [0, 0.05) is 5.56 Å². The molecule has 0 aliphatic rings. The quantitative estimate of drug-likeness (QED) is 0.168. The lowest BCUT2D eigenvalue weighted by Crippen LogP contribution is -1.98. The molecule has 1 heterocycles. The highest BCUT2D eigenvalue weighted by molar-refractivity contribution is 5.55. The molecule has 0 radical (unpaired) electrons. The smallest absolute Gasteiger partial charge is 0.159 e. The summed E-state index contributed by atoms with van der Waals surface area (Å²) in [7, 11) is 0. The van der Waals surface area contributed by atoms with Crippen LogP contribution in [0, 0.1) is 0 Å². The summed E-state index contributed by atoms with van der Waals surface area (Å²) < 4.78 is 5.93. The minimum atomic E-state index is 0.535. The van der Waals surface area contributed by atoms with Gasteiger partial charge in [0.05, 0.1) is 12.4 Å². The maximum atomic E-state index is 5.93. The van der Waals surface area contributed by atoms with Crippen molar-refractivity contribution in [3.63, 3.8) is 0 Å². The number of nitrogens with zero attached hydrogens (tertiary/aromatic N) is 2. The predicted molar refractivity (Wildman–Crippen MR) is 152 cm³/mol. The van der Waals surface area contributed by atoms with Gasteiger partial charge in [0.25, 0.3) is 0 Å². The van der Waals surface area contributed by atoms with E-state index in [2.05, 4.69) is 72.3 Å². The third-order valence-electron chi connectivity index (χ3n) is 6.91. The zero-order chi connectivity index (χ0) is 25.3. The van der Waals surface area contributed by atoms with Crippen molar-refractivity contribution in [2.45, 2.75) is 110 Å². The molecule has 0 N–H and O–H groups in total. The van der Waals surface area contributed by atoms with Crippen molar-refractivity contribution in [2.24, 2.45) is 0 Å². The van der Waals surface area contributed by atoms with E-state index in [9.17, 15) is 0 Å². The molecule has 0 amide bonds. The summed E-state index contributed by atoms with van der Waals surface area (Å²) in [5, 5.41) is 0. The molecule has 3 nitrogen and oxygen atoms in total. The second-order valence-corrected chi connectivity index (χ2v) is 10.1. The molecule has 3 aromatic rings. The van der Waals surface area contributed by atoms with Crippen LogP contribution < -0.4 is 4.74 Å².